The molecule has 0 aliphatic heterocycles. The van der Waals surface area contributed by atoms with Crippen LogP contribution in [0.5, 0.6) is 0 Å². The molecule has 0 N–H and O–H groups in total. The van der Waals surface area contributed by atoms with Gasteiger partial charge in [0.15, 0.2) is 0 Å². The minimum atomic E-state index is 1.14. The fourth-order valence-electron chi connectivity index (χ4n) is 11.2. The number of benzene rings is 10. The predicted molar refractivity (Wildman–Crippen MR) is 284 cm³/mol. The van der Waals surface area contributed by atoms with Gasteiger partial charge in [0.05, 0.1) is 44.1 Å². The van der Waals surface area contributed by atoms with Crippen molar-refractivity contribution in [1.29, 1.82) is 0 Å². The number of hydrogen-bond donors (Lipinski definition) is 0. The van der Waals surface area contributed by atoms with Gasteiger partial charge < -0.3 is 18.3 Å². The van der Waals surface area contributed by atoms with Crippen molar-refractivity contribution in [2.24, 2.45) is 0 Å². The second-order valence-corrected chi connectivity index (χ2v) is 18.8. The van der Waals surface area contributed by atoms with Gasteiger partial charge in [0.1, 0.15) is 0 Å². The summed E-state index contributed by atoms with van der Waals surface area (Å²) in [6.07, 6.45) is 0. The van der Waals surface area contributed by atoms with E-state index in [4.69, 9.17) is 0 Å². The van der Waals surface area contributed by atoms with Crippen molar-refractivity contribution in [2.75, 3.05) is 0 Å². The van der Waals surface area contributed by atoms with Crippen LogP contribution >= 0.6 is 11.8 Å². The average molecular weight is 875 g/mol. The molecule has 0 aliphatic rings. The lowest BCUT2D eigenvalue weighted by Crippen LogP contribution is -1.98. The summed E-state index contributed by atoms with van der Waals surface area (Å²) in [6, 6.07) is 80.2. The average Bonchev–Trinajstić information content (AvgIpc) is 4.11. The molecule has 0 atom stereocenters. The highest BCUT2D eigenvalue weighted by Gasteiger charge is 2.22. The van der Waals surface area contributed by atoms with Gasteiger partial charge in [-0.3, -0.25) is 0 Å². The van der Waals surface area contributed by atoms with Crippen LogP contribution in [-0.4, -0.2) is 18.3 Å². The lowest BCUT2D eigenvalue weighted by Gasteiger charge is -2.15. The van der Waals surface area contributed by atoms with E-state index in [-0.39, 0.29) is 0 Å². The Kier molecular flexibility index (Phi) is 8.31. The molecule has 10 aromatic carbocycles. The van der Waals surface area contributed by atoms with Crippen LogP contribution in [0.15, 0.2) is 228 Å². The normalized spacial score (nSPS) is 12.1. The monoisotopic (exact) mass is 874 g/mol. The highest BCUT2D eigenvalue weighted by atomic mass is 32.2. The standard InChI is InChI=1S/C62H42N4S/c1-39-33-34-58-61(50-26-8-14-32-56(50)66(58)44-20-16-18-42(38-44)64-53-29-11-5-23-47(53)48-24-6-12-30-54(48)64)62(39)67-59-36-35-57-60(40(59)2)49-25-7-13-31-55(49)65(57)43-19-15-17-41(37-43)63-51-27-9-3-21-45(51)46-22-4-10-28-52(46)63/h3-38H,1-2H3. The van der Waals surface area contributed by atoms with Crippen molar-refractivity contribution in [3.8, 4) is 22.7 Å². The van der Waals surface area contributed by atoms with Gasteiger partial charge in [-0.2, -0.15) is 0 Å². The van der Waals surface area contributed by atoms with Crippen molar-refractivity contribution < 1.29 is 0 Å². The van der Waals surface area contributed by atoms with Crippen molar-refractivity contribution in [3.05, 3.63) is 230 Å². The largest absolute Gasteiger partial charge is 0.309 e. The summed E-state index contributed by atoms with van der Waals surface area (Å²) >= 11 is 1.90. The summed E-state index contributed by atoms with van der Waals surface area (Å²) in [5, 5.41) is 10.1. The lowest BCUT2D eigenvalue weighted by molar-refractivity contribution is 1.13. The first-order valence-corrected chi connectivity index (χ1v) is 23.8. The van der Waals surface area contributed by atoms with E-state index in [1.165, 1.54) is 108 Å². The number of para-hydroxylation sites is 6. The van der Waals surface area contributed by atoms with Gasteiger partial charge in [0.2, 0.25) is 0 Å². The zero-order valence-electron chi connectivity index (χ0n) is 37.0. The predicted octanol–water partition coefficient (Wildman–Crippen LogP) is 16.8. The molecular weight excluding hydrogens is 833 g/mol. The van der Waals surface area contributed by atoms with E-state index in [1.807, 2.05) is 11.8 Å². The van der Waals surface area contributed by atoms with Gasteiger partial charge in [-0.15, -0.1) is 0 Å². The summed E-state index contributed by atoms with van der Waals surface area (Å²) < 4.78 is 9.73. The zero-order chi connectivity index (χ0) is 44.3. The number of fused-ring (bicyclic) bond motifs is 12. The minimum absolute atomic E-state index is 1.14. The third-order valence-electron chi connectivity index (χ3n) is 14.1. The molecule has 4 heterocycles. The van der Waals surface area contributed by atoms with Crippen LogP contribution in [0.3, 0.4) is 0 Å². The van der Waals surface area contributed by atoms with E-state index in [0.717, 1.165) is 22.7 Å². The highest BCUT2D eigenvalue weighted by Crippen LogP contribution is 2.46. The topological polar surface area (TPSA) is 19.7 Å². The van der Waals surface area contributed by atoms with Crippen molar-refractivity contribution >= 4 is 99.0 Å². The summed E-state index contributed by atoms with van der Waals surface area (Å²) in [4.78, 5) is 2.55. The number of nitrogens with zero attached hydrogens (tertiary/aromatic N) is 4. The molecule has 4 nitrogen and oxygen atoms in total. The van der Waals surface area contributed by atoms with E-state index < -0.39 is 0 Å². The van der Waals surface area contributed by atoms with E-state index in [0.29, 0.717) is 0 Å². The molecule has 0 bridgehead atoms. The molecule has 0 aliphatic carbocycles. The smallest absolute Gasteiger partial charge is 0.0552 e. The zero-order valence-corrected chi connectivity index (χ0v) is 37.8. The Morgan fingerprint density at radius 1 is 0.284 bits per heavy atom. The van der Waals surface area contributed by atoms with Gasteiger partial charge in [0, 0.05) is 75.6 Å². The Bertz CT molecular complexity index is 4240. The van der Waals surface area contributed by atoms with Crippen LogP contribution in [-0.2, 0) is 0 Å². The molecule has 0 radical (unpaired) electrons. The molecule has 67 heavy (non-hydrogen) atoms. The summed E-state index contributed by atoms with van der Waals surface area (Å²) in [5.41, 5.74) is 16.8. The second kappa shape index (κ2) is 14.6. The van der Waals surface area contributed by atoms with Crippen molar-refractivity contribution in [2.45, 2.75) is 23.6 Å². The molecule has 14 aromatic rings. The molecule has 0 spiro atoms. The first kappa shape index (κ1) is 38.1. The Morgan fingerprint density at radius 2 is 0.612 bits per heavy atom. The minimum Gasteiger partial charge on any atom is -0.309 e. The summed E-state index contributed by atoms with van der Waals surface area (Å²) in [5.74, 6) is 0. The van der Waals surface area contributed by atoms with Crippen LogP contribution < -0.4 is 0 Å². The van der Waals surface area contributed by atoms with Gasteiger partial charge in [-0.1, -0.05) is 139 Å². The quantitative estimate of drug-likeness (QED) is 0.163. The van der Waals surface area contributed by atoms with Crippen molar-refractivity contribution in [1.82, 2.24) is 18.3 Å². The Labute approximate surface area is 391 Å². The van der Waals surface area contributed by atoms with Crippen LogP contribution in [0.2, 0.25) is 0 Å². The SMILES string of the molecule is Cc1ccc2c(c1Sc1ccc3c(c1C)c1ccccc1n3-c1cccc(-n3c4ccccc4c4ccccc43)c1)c1ccccc1n2-c1cccc(-n2c3ccccc3c3ccccc32)c1. The molecule has 0 unspecified atom stereocenters. The van der Waals surface area contributed by atoms with E-state index >= 15 is 0 Å². The van der Waals surface area contributed by atoms with Gasteiger partial charge in [-0.05, 0) is 116 Å². The van der Waals surface area contributed by atoms with Crippen LogP contribution in [0.4, 0.5) is 0 Å². The molecule has 0 amide bonds. The van der Waals surface area contributed by atoms with Crippen LogP contribution in [0.1, 0.15) is 11.1 Å². The summed E-state index contributed by atoms with van der Waals surface area (Å²) in [6.45, 7) is 4.58. The lowest BCUT2D eigenvalue weighted by atomic mass is 10.1. The number of rotatable bonds is 6. The third kappa shape index (κ3) is 5.56. The maximum Gasteiger partial charge on any atom is 0.0552 e. The first-order valence-electron chi connectivity index (χ1n) is 23.0. The Balaban J connectivity index is 0.916. The number of aromatic nitrogens is 4. The van der Waals surface area contributed by atoms with E-state index in [9.17, 15) is 0 Å². The maximum atomic E-state index is 2.46. The fourth-order valence-corrected chi connectivity index (χ4v) is 12.4. The molecular formula is C62H42N4S. The highest BCUT2D eigenvalue weighted by molar-refractivity contribution is 7.99. The molecule has 4 aromatic heterocycles. The molecule has 0 fully saturated rings. The molecule has 0 saturated heterocycles. The number of aryl methyl sites for hydroxylation is 2. The van der Waals surface area contributed by atoms with Crippen molar-refractivity contribution in [3.63, 3.8) is 0 Å². The van der Waals surface area contributed by atoms with Gasteiger partial charge >= 0.3 is 0 Å². The molecule has 316 valence electrons. The van der Waals surface area contributed by atoms with E-state index in [2.05, 4.69) is 251 Å². The first-order chi connectivity index (χ1) is 33.1. The molecule has 14 rings (SSSR count). The molecule has 0 saturated carbocycles. The third-order valence-corrected chi connectivity index (χ3v) is 15.5. The second-order valence-electron chi connectivity index (χ2n) is 17.8. The number of hydrogen-bond acceptors (Lipinski definition) is 1. The fraction of sp³-hybridized carbons (Fsp3) is 0.0323. The van der Waals surface area contributed by atoms with Crippen LogP contribution in [0.25, 0.3) is 110 Å². The van der Waals surface area contributed by atoms with Gasteiger partial charge in [-0.25, -0.2) is 0 Å². The van der Waals surface area contributed by atoms with Gasteiger partial charge in [0.25, 0.3) is 0 Å². The van der Waals surface area contributed by atoms with E-state index in [1.54, 1.807) is 0 Å². The molecule has 5 heteroatoms. The Hall–Kier alpha value is -8.25. The maximum absolute atomic E-state index is 2.46. The Morgan fingerprint density at radius 3 is 1.04 bits per heavy atom. The summed E-state index contributed by atoms with van der Waals surface area (Å²) in [7, 11) is 0. The van der Waals surface area contributed by atoms with Crippen LogP contribution in [0, 0.1) is 13.8 Å².